The number of halogens is 1. The Balaban J connectivity index is 2.43. The van der Waals surface area contributed by atoms with Gasteiger partial charge in [-0.1, -0.05) is 34.1 Å². The first-order valence-electron chi connectivity index (χ1n) is 5.95. The molecule has 0 aliphatic carbocycles. The molecule has 5 nitrogen and oxygen atoms in total. The summed E-state index contributed by atoms with van der Waals surface area (Å²) in [5, 5.41) is 11.1. The average molecular weight is 337 g/mol. The summed E-state index contributed by atoms with van der Waals surface area (Å²) in [5.41, 5.74) is 6.57. The number of rotatable bonds is 4. The minimum Gasteiger partial charge on any atom is -0.450 e. The van der Waals surface area contributed by atoms with Crippen molar-refractivity contribution in [3.05, 3.63) is 62.6 Å². The van der Waals surface area contributed by atoms with Crippen molar-refractivity contribution in [2.45, 2.75) is 13.0 Å². The van der Waals surface area contributed by atoms with E-state index in [1.807, 2.05) is 19.1 Å². The number of nitro groups is 1. The van der Waals surface area contributed by atoms with Crippen molar-refractivity contribution < 1.29 is 9.66 Å². The molecule has 0 aromatic heterocycles. The third-order valence-electron chi connectivity index (χ3n) is 2.75. The number of ether oxygens (including phenoxy) is 1. The van der Waals surface area contributed by atoms with Crippen molar-refractivity contribution in [2.24, 2.45) is 5.73 Å². The van der Waals surface area contributed by atoms with Crippen LogP contribution >= 0.6 is 15.9 Å². The largest absolute Gasteiger partial charge is 0.450 e. The first-order chi connectivity index (χ1) is 9.49. The maximum Gasteiger partial charge on any atom is 0.312 e. The van der Waals surface area contributed by atoms with Gasteiger partial charge in [-0.25, -0.2) is 0 Å². The summed E-state index contributed by atoms with van der Waals surface area (Å²) in [6, 6.07) is 11.7. The van der Waals surface area contributed by atoms with Crippen molar-refractivity contribution in [1.82, 2.24) is 0 Å². The summed E-state index contributed by atoms with van der Waals surface area (Å²) in [7, 11) is 0. The second-order valence-electron chi connectivity index (χ2n) is 4.30. The maximum absolute atomic E-state index is 11.1. The fourth-order valence-electron chi connectivity index (χ4n) is 1.79. The molecule has 2 N–H and O–H groups in total. The zero-order chi connectivity index (χ0) is 14.7. The van der Waals surface area contributed by atoms with Gasteiger partial charge in [0.15, 0.2) is 0 Å². The van der Waals surface area contributed by atoms with Gasteiger partial charge in [0.25, 0.3) is 0 Å². The lowest BCUT2D eigenvalue weighted by molar-refractivity contribution is -0.385. The Kier molecular flexibility index (Phi) is 4.36. The van der Waals surface area contributed by atoms with E-state index < -0.39 is 4.92 Å². The number of nitrogens with two attached hydrogens (primary N) is 1. The summed E-state index contributed by atoms with van der Waals surface area (Å²) >= 11 is 3.21. The van der Waals surface area contributed by atoms with E-state index in [2.05, 4.69) is 15.9 Å². The van der Waals surface area contributed by atoms with Gasteiger partial charge in [0, 0.05) is 22.1 Å². The number of hydrogen-bond donors (Lipinski definition) is 1. The summed E-state index contributed by atoms with van der Waals surface area (Å²) < 4.78 is 6.30. The first-order valence-corrected chi connectivity index (χ1v) is 6.74. The van der Waals surface area contributed by atoms with Gasteiger partial charge >= 0.3 is 5.69 Å². The molecule has 20 heavy (non-hydrogen) atoms. The highest BCUT2D eigenvalue weighted by Gasteiger charge is 2.18. The standard InChI is InChI=1S/C14H13BrN2O3/c1-9(16)11-4-2-3-5-13(11)20-14-7-6-10(15)8-12(14)17(18)19/h2-9H,16H2,1H3/t9-/m1/s1. The maximum atomic E-state index is 11.1. The normalized spacial score (nSPS) is 11.9. The number of nitro benzene ring substituents is 1. The van der Waals surface area contributed by atoms with Gasteiger partial charge in [0.2, 0.25) is 5.75 Å². The van der Waals surface area contributed by atoms with Crippen LogP contribution in [0.25, 0.3) is 0 Å². The molecule has 0 aliphatic rings. The van der Waals surface area contributed by atoms with E-state index in [0.29, 0.717) is 10.2 Å². The van der Waals surface area contributed by atoms with Crippen LogP contribution in [0.1, 0.15) is 18.5 Å². The van der Waals surface area contributed by atoms with Crippen molar-refractivity contribution in [1.29, 1.82) is 0 Å². The number of para-hydroxylation sites is 1. The topological polar surface area (TPSA) is 78.4 Å². The lowest BCUT2D eigenvalue weighted by Crippen LogP contribution is -2.06. The van der Waals surface area contributed by atoms with Gasteiger partial charge in [0.1, 0.15) is 5.75 Å². The third kappa shape index (κ3) is 3.15. The zero-order valence-corrected chi connectivity index (χ0v) is 12.3. The van der Waals surface area contributed by atoms with Crippen molar-refractivity contribution >= 4 is 21.6 Å². The van der Waals surface area contributed by atoms with Gasteiger partial charge < -0.3 is 10.5 Å². The zero-order valence-electron chi connectivity index (χ0n) is 10.7. The highest BCUT2D eigenvalue weighted by molar-refractivity contribution is 9.10. The van der Waals surface area contributed by atoms with Crippen molar-refractivity contribution in [3.8, 4) is 11.5 Å². The molecule has 0 saturated carbocycles. The second kappa shape index (κ2) is 6.02. The molecule has 0 fully saturated rings. The van der Waals surface area contributed by atoms with E-state index in [0.717, 1.165) is 5.56 Å². The molecule has 0 aliphatic heterocycles. The van der Waals surface area contributed by atoms with Gasteiger partial charge in [0.05, 0.1) is 4.92 Å². The number of hydrogen-bond acceptors (Lipinski definition) is 4. The number of nitrogens with zero attached hydrogens (tertiary/aromatic N) is 1. The van der Waals surface area contributed by atoms with E-state index in [-0.39, 0.29) is 17.5 Å². The Bertz CT molecular complexity index is 644. The van der Waals surface area contributed by atoms with Crippen LogP contribution in [0.5, 0.6) is 11.5 Å². The predicted octanol–water partition coefficient (Wildman–Crippen LogP) is 4.17. The highest BCUT2D eigenvalue weighted by atomic mass is 79.9. The smallest absolute Gasteiger partial charge is 0.312 e. The van der Waals surface area contributed by atoms with Crippen LogP contribution in [-0.4, -0.2) is 4.92 Å². The SMILES string of the molecule is C[C@@H](N)c1ccccc1Oc1ccc(Br)cc1[N+](=O)[O-]. The van der Waals surface area contributed by atoms with Crippen LogP contribution in [0.15, 0.2) is 46.9 Å². The van der Waals surface area contributed by atoms with Gasteiger partial charge in [-0.15, -0.1) is 0 Å². The van der Waals surface area contributed by atoms with Crippen LogP contribution in [0.2, 0.25) is 0 Å². The molecule has 104 valence electrons. The minimum atomic E-state index is -0.478. The van der Waals surface area contributed by atoms with E-state index >= 15 is 0 Å². The van der Waals surface area contributed by atoms with E-state index in [1.165, 1.54) is 6.07 Å². The summed E-state index contributed by atoms with van der Waals surface area (Å²) in [6.45, 7) is 1.83. The van der Waals surface area contributed by atoms with E-state index in [4.69, 9.17) is 10.5 Å². The predicted molar refractivity (Wildman–Crippen MR) is 79.9 cm³/mol. The fraction of sp³-hybridized carbons (Fsp3) is 0.143. The van der Waals surface area contributed by atoms with Crippen LogP contribution in [0.3, 0.4) is 0 Å². The molecule has 2 aromatic rings. The highest BCUT2D eigenvalue weighted by Crippen LogP contribution is 2.35. The first kappa shape index (κ1) is 14.5. The fourth-order valence-corrected chi connectivity index (χ4v) is 2.14. The average Bonchev–Trinajstić information content (AvgIpc) is 2.41. The quantitative estimate of drug-likeness (QED) is 0.671. The minimum absolute atomic E-state index is 0.0983. The molecular formula is C14H13BrN2O3. The Hall–Kier alpha value is -1.92. The summed E-state index contributed by atoms with van der Waals surface area (Å²) in [5.74, 6) is 0.708. The van der Waals surface area contributed by atoms with E-state index in [1.54, 1.807) is 24.3 Å². The second-order valence-corrected chi connectivity index (χ2v) is 5.21. The molecule has 0 radical (unpaired) electrons. The lowest BCUT2D eigenvalue weighted by Gasteiger charge is -2.13. The van der Waals surface area contributed by atoms with Crippen molar-refractivity contribution in [3.63, 3.8) is 0 Å². The Morgan fingerprint density at radius 3 is 2.60 bits per heavy atom. The van der Waals surface area contributed by atoms with E-state index in [9.17, 15) is 10.1 Å². The monoisotopic (exact) mass is 336 g/mol. The molecular weight excluding hydrogens is 324 g/mol. The molecule has 0 saturated heterocycles. The Morgan fingerprint density at radius 1 is 1.25 bits per heavy atom. The lowest BCUT2D eigenvalue weighted by atomic mass is 10.1. The number of benzene rings is 2. The summed E-state index contributed by atoms with van der Waals surface area (Å²) in [6.07, 6.45) is 0. The molecule has 0 unspecified atom stereocenters. The van der Waals surface area contributed by atoms with Crippen LogP contribution in [0, 0.1) is 10.1 Å². The molecule has 0 amide bonds. The summed E-state index contributed by atoms with van der Waals surface area (Å²) in [4.78, 5) is 10.6. The Morgan fingerprint density at radius 2 is 1.95 bits per heavy atom. The third-order valence-corrected chi connectivity index (χ3v) is 3.24. The van der Waals surface area contributed by atoms with Crippen molar-refractivity contribution in [2.75, 3.05) is 0 Å². The molecule has 6 heteroatoms. The molecule has 1 atom stereocenters. The molecule has 2 aromatic carbocycles. The van der Waals surface area contributed by atoms with Crippen LogP contribution in [0.4, 0.5) is 5.69 Å². The molecule has 2 rings (SSSR count). The Labute approximate surface area is 124 Å². The molecule has 0 bridgehead atoms. The van der Waals surface area contributed by atoms with Crippen LogP contribution in [-0.2, 0) is 0 Å². The van der Waals surface area contributed by atoms with Gasteiger partial charge in [-0.05, 0) is 25.1 Å². The van der Waals surface area contributed by atoms with Crippen LogP contribution < -0.4 is 10.5 Å². The molecule has 0 heterocycles. The molecule has 0 spiro atoms. The van der Waals surface area contributed by atoms with Gasteiger partial charge in [-0.2, -0.15) is 0 Å². The van der Waals surface area contributed by atoms with Gasteiger partial charge in [-0.3, -0.25) is 10.1 Å².